The standard InChI is InChI=1S/C26H31N5O5S.2ClH/c1-16-4-5-17(13-22(27)23(32)26(25(33)34)9-2-3-10-30-26)12-21(16)24(28)31-37(35,36)20-7-6-18-8-11-29-15-19(18)14-20;;/h2-7,12,14,22,29-30H,8-11,13,15,27H2,1H3,(H2,28,31)(H,33,34);2*1H/t22-,26+;;/m1../s1. The molecule has 2 heterocycles. The predicted octanol–water partition coefficient (Wildman–Crippen LogP) is 1.60. The van der Waals surface area contributed by atoms with E-state index in [1.165, 1.54) is 0 Å². The van der Waals surface area contributed by atoms with E-state index in [0.717, 1.165) is 24.1 Å². The summed E-state index contributed by atoms with van der Waals surface area (Å²) in [4.78, 5) is 25.1. The van der Waals surface area contributed by atoms with Gasteiger partial charge in [0.1, 0.15) is 5.84 Å². The first-order valence-electron chi connectivity index (χ1n) is 12.0. The summed E-state index contributed by atoms with van der Waals surface area (Å²) in [6, 6.07) is 8.90. The summed E-state index contributed by atoms with van der Waals surface area (Å²) in [5, 5.41) is 24.2. The molecule has 0 aromatic heterocycles. The van der Waals surface area contributed by atoms with Crippen LogP contribution < -0.4 is 21.1 Å². The van der Waals surface area contributed by atoms with E-state index < -0.39 is 33.4 Å². The monoisotopic (exact) mass is 597 g/mol. The summed E-state index contributed by atoms with van der Waals surface area (Å²) in [7, 11) is -4.00. The number of aryl methyl sites for hydroxylation is 1. The number of ketones is 1. The van der Waals surface area contributed by atoms with Crippen molar-refractivity contribution in [1.29, 1.82) is 5.41 Å². The molecule has 0 aliphatic carbocycles. The normalized spacial score (nSPS) is 19.0. The largest absolute Gasteiger partial charge is 0.480 e. The first kappa shape index (κ1) is 32.4. The van der Waals surface area contributed by atoms with Gasteiger partial charge in [-0.25, -0.2) is 13.2 Å². The van der Waals surface area contributed by atoms with E-state index in [2.05, 4.69) is 15.4 Å². The second-order valence-electron chi connectivity index (χ2n) is 9.43. The maximum Gasteiger partial charge on any atom is 0.332 e. The maximum atomic E-state index is 13.1. The molecule has 2 aromatic carbocycles. The number of halogens is 2. The molecule has 2 aromatic rings. The van der Waals surface area contributed by atoms with Gasteiger partial charge in [-0.2, -0.15) is 0 Å². The van der Waals surface area contributed by atoms with Gasteiger partial charge >= 0.3 is 5.97 Å². The Morgan fingerprint density at radius 1 is 1.15 bits per heavy atom. The van der Waals surface area contributed by atoms with Crippen LogP contribution in [0, 0.1) is 12.3 Å². The number of nitrogens with one attached hydrogen (secondary N) is 4. The molecular weight excluding hydrogens is 565 g/mol. The summed E-state index contributed by atoms with van der Waals surface area (Å²) >= 11 is 0. The maximum absolute atomic E-state index is 13.1. The molecule has 10 nitrogen and oxygen atoms in total. The van der Waals surface area contributed by atoms with Gasteiger partial charge in [-0.3, -0.25) is 20.2 Å². The molecule has 0 saturated heterocycles. The third-order valence-corrected chi connectivity index (χ3v) is 8.22. The van der Waals surface area contributed by atoms with E-state index >= 15 is 0 Å². The van der Waals surface area contributed by atoms with Crippen LogP contribution in [0.25, 0.3) is 0 Å². The lowest BCUT2D eigenvalue weighted by atomic mass is 9.82. The molecule has 0 saturated carbocycles. The van der Waals surface area contributed by atoms with Gasteiger partial charge in [0.2, 0.25) is 0 Å². The first-order chi connectivity index (χ1) is 17.5. The lowest BCUT2D eigenvalue weighted by molar-refractivity contribution is -0.150. The van der Waals surface area contributed by atoms with Gasteiger partial charge in [0, 0.05) is 25.1 Å². The molecule has 0 radical (unpaired) electrons. The van der Waals surface area contributed by atoms with E-state index in [9.17, 15) is 23.1 Å². The van der Waals surface area contributed by atoms with Crippen molar-refractivity contribution in [1.82, 2.24) is 15.4 Å². The van der Waals surface area contributed by atoms with Crippen molar-refractivity contribution in [2.45, 2.75) is 49.2 Å². The minimum absolute atomic E-state index is 0. The minimum Gasteiger partial charge on any atom is -0.480 e. The number of benzene rings is 2. The van der Waals surface area contributed by atoms with Gasteiger partial charge in [0.15, 0.2) is 11.3 Å². The number of hydrogen-bond donors (Lipinski definition) is 6. The highest BCUT2D eigenvalue weighted by Gasteiger charge is 2.47. The number of hydrogen-bond acceptors (Lipinski definition) is 8. The zero-order valence-corrected chi connectivity index (χ0v) is 23.8. The van der Waals surface area contributed by atoms with Crippen LogP contribution in [-0.4, -0.2) is 55.8 Å². The number of carbonyl (C=O) groups is 2. The van der Waals surface area contributed by atoms with Crippen LogP contribution >= 0.6 is 24.8 Å². The second kappa shape index (κ2) is 13.0. The Hall–Kier alpha value is -2.80. The van der Waals surface area contributed by atoms with Gasteiger partial charge in [-0.15, -0.1) is 24.8 Å². The number of sulfonamides is 1. The van der Waals surface area contributed by atoms with Gasteiger partial charge < -0.3 is 16.2 Å². The Balaban J connectivity index is 0.00000267. The fourth-order valence-corrected chi connectivity index (χ4v) is 5.75. The fraction of sp³-hybridized carbons (Fsp3) is 0.346. The number of carbonyl (C=O) groups excluding carboxylic acids is 1. The molecule has 2 aliphatic rings. The number of Topliss-reactive ketones (excluding diaryl/α,β-unsaturated/α-hetero) is 1. The molecule has 0 spiro atoms. The highest BCUT2D eigenvalue weighted by molar-refractivity contribution is 7.90. The third kappa shape index (κ3) is 6.86. The predicted molar refractivity (Wildman–Crippen MR) is 153 cm³/mol. The van der Waals surface area contributed by atoms with E-state index in [0.29, 0.717) is 23.2 Å². The number of rotatable bonds is 8. The molecule has 7 N–H and O–H groups in total. The molecule has 0 fully saturated rings. The summed E-state index contributed by atoms with van der Waals surface area (Å²) in [6.45, 7) is 3.43. The van der Waals surface area contributed by atoms with Crippen LogP contribution in [0.2, 0.25) is 0 Å². The van der Waals surface area contributed by atoms with Crippen LogP contribution in [0.3, 0.4) is 0 Å². The zero-order valence-electron chi connectivity index (χ0n) is 21.3. The number of amidine groups is 1. The topological polar surface area (TPSA) is 174 Å². The molecule has 4 rings (SSSR count). The highest BCUT2D eigenvalue weighted by atomic mass is 35.5. The summed E-state index contributed by atoms with van der Waals surface area (Å²) in [6.07, 6.45) is 4.26. The van der Waals surface area contributed by atoms with E-state index in [1.54, 1.807) is 55.5 Å². The fourth-order valence-electron chi connectivity index (χ4n) is 4.71. The van der Waals surface area contributed by atoms with Gasteiger partial charge in [-0.05, 0) is 66.8 Å². The smallest absolute Gasteiger partial charge is 0.332 e. The Morgan fingerprint density at radius 2 is 1.90 bits per heavy atom. The van der Waals surface area contributed by atoms with Crippen molar-refractivity contribution in [3.05, 3.63) is 76.4 Å². The average molecular weight is 599 g/mol. The van der Waals surface area contributed by atoms with Crippen molar-refractivity contribution >= 4 is 52.4 Å². The molecular formula is C26H33Cl2N5O5S. The van der Waals surface area contributed by atoms with Crippen molar-refractivity contribution in [3.63, 3.8) is 0 Å². The average Bonchev–Trinajstić information content (AvgIpc) is 2.89. The third-order valence-electron chi connectivity index (χ3n) is 6.87. The Labute approximate surface area is 240 Å². The van der Waals surface area contributed by atoms with Crippen molar-refractivity contribution in [3.8, 4) is 0 Å². The van der Waals surface area contributed by atoms with Gasteiger partial charge in [0.25, 0.3) is 10.0 Å². The molecule has 212 valence electrons. The molecule has 0 unspecified atom stereocenters. The van der Waals surface area contributed by atoms with Crippen molar-refractivity contribution in [2.24, 2.45) is 5.73 Å². The molecule has 39 heavy (non-hydrogen) atoms. The lowest BCUT2D eigenvalue weighted by Gasteiger charge is -2.32. The van der Waals surface area contributed by atoms with E-state index in [4.69, 9.17) is 11.1 Å². The highest BCUT2D eigenvalue weighted by Crippen LogP contribution is 2.22. The number of nitrogens with two attached hydrogens (primary N) is 1. The molecule has 2 atom stereocenters. The summed E-state index contributed by atoms with van der Waals surface area (Å²) in [5.74, 6) is -2.23. The number of fused-ring (bicyclic) bond motifs is 1. The first-order valence-corrected chi connectivity index (χ1v) is 13.5. The minimum atomic E-state index is -4.00. The van der Waals surface area contributed by atoms with Crippen LogP contribution in [0.5, 0.6) is 0 Å². The number of carboxylic acid groups (broad SMARTS) is 1. The van der Waals surface area contributed by atoms with Crippen molar-refractivity contribution in [2.75, 3.05) is 13.1 Å². The Kier molecular flexibility index (Phi) is 10.8. The zero-order chi connectivity index (χ0) is 26.8. The van der Waals surface area contributed by atoms with Crippen LogP contribution in [0.1, 0.15) is 34.2 Å². The number of aliphatic carboxylic acids is 1. The molecule has 0 bridgehead atoms. The van der Waals surface area contributed by atoms with Crippen molar-refractivity contribution < 1.29 is 23.1 Å². The summed E-state index contributed by atoms with van der Waals surface area (Å²) in [5.41, 5.74) is 7.97. The van der Waals surface area contributed by atoms with E-state index in [1.807, 2.05) is 0 Å². The van der Waals surface area contributed by atoms with Crippen LogP contribution in [0.15, 0.2) is 53.4 Å². The Bertz CT molecular complexity index is 1400. The Morgan fingerprint density at radius 3 is 2.56 bits per heavy atom. The summed E-state index contributed by atoms with van der Waals surface area (Å²) < 4.78 is 28.4. The SMILES string of the molecule is Cc1ccc(C[C@@H](N)C(=O)[C@]2(C(=O)O)CC=CCN2)cc1C(=N)NS(=O)(=O)c1ccc2c(c1)CNCC2.Cl.Cl. The second-order valence-corrected chi connectivity index (χ2v) is 11.1. The number of carboxylic acids is 1. The molecule has 0 amide bonds. The van der Waals surface area contributed by atoms with E-state index in [-0.39, 0.29) is 54.9 Å². The lowest BCUT2D eigenvalue weighted by Crippen LogP contribution is -2.63. The van der Waals surface area contributed by atoms with Gasteiger partial charge in [0.05, 0.1) is 10.9 Å². The quantitative estimate of drug-likeness (QED) is 0.115. The van der Waals surface area contributed by atoms with Crippen LogP contribution in [-0.2, 0) is 39.0 Å². The van der Waals surface area contributed by atoms with Crippen LogP contribution in [0.4, 0.5) is 0 Å². The van der Waals surface area contributed by atoms with Gasteiger partial charge in [-0.1, -0.05) is 30.4 Å². The molecule has 13 heteroatoms. The molecule has 2 aliphatic heterocycles.